The van der Waals surface area contributed by atoms with Crippen LogP contribution < -0.4 is 16.0 Å². The molecule has 0 aliphatic carbocycles. The number of ether oxygens (including phenoxy) is 1. The highest BCUT2D eigenvalue weighted by Gasteiger charge is 2.21. The first-order chi connectivity index (χ1) is 12.1. The number of methoxy groups -OCH3 is 1. The third-order valence-electron chi connectivity index (χ3n) is 3.91. The molecule has 25 heavy (non-hydrogen) atoms. The average Bonchev–Trinajstić information content (AvgIpc) is 2.68. The van der Waals surface area contributed by atoms with E-state index in [1.54, 1.807) is 49.6 Å². The highest BCUT2D eigenvalue weighted by Crippen LogP contribution is 2.32. The minimum Gasteiger partial charge on any atom is -0.497 e. The van der Waals surface area contributed by atoms with Crippen molar-refractivity contribution >= 4 is 15.5 Å². The number of nitrogens with two attached hydrogens (primary N) is 1. The fraction of sp³-hybridized carbons (Fsp3) is 0.0526. The van der Waals surface area contributed by atoms with Gasteiger partial charge in [0, 0.05) is 11.3 Å². The fourth-order valence-corrected chi connectivity index (χ4v) is 4.05. The number of hydrazine groups is 1. The van der Waals surface area contributed by atoms with Crippen molar-refractivity contribution in [3.05, 3.63) is 72.8 Å². The van der Waals surface area contributed by atoms with Crippen LogP contribution in [0.25, 0.3) is 11.1 Å². The normalized spacial score (nSPS) is 11.1. The van der Waals surface area contributed by atoms with Gasteiger partial charge in [0.05, 0.1) is 16.9 Å². The van der Waals surface area contributed by atoms with E-state index < -0.39 is 9.84 Å². The molecule has 0 aliphatic heterocycles. The Balaban J connectivity index is 2.09. The molecule has 0 heterocycles. The number of anilines is 1. The second-order valence-corrected chi connectivity index (χ2v) is 7.31. The van der Waals surface area contributed by atoms with Crippen molar-refractivity contribution in [2.45, 2.75) is 9.79 Å². The summed E-state index contributed by atoms with van der Waals surface area (Å²) in [4.78, 5) is 0.473. The van der Waals surface area contributed by atoms with Gasteiger partial charge in [0.1, 0.15) is 5.75 Å². The maximum absolute atomic E-state index is 13.1. The molecular formula is C19H18N2O3S. The SMILES string of the molecule is COc1ccc(-c2ccccc2S(=O)(=O)c2ccc(NN)cc2)cc1. The molecule has 6 heteroatoms. The molecule has 0 spiro atoms. The molecule has 128 valence electrons. The van der Waals surface area contributed by atoms with Gasteiger partial charge >= 0.3 is 0 Å². The van der Waals surface area contributed by atoms with Gasteiger partial charge in [-0.15, -0.1) is 0 Å². The molecule has 0 atom stereocenters. The molecule has 3 rings (SSSR count). The van der Waals surface area contributed by atoms with E-state index >= 15 is 0 Å². The van der Waals surface area contributed by atoms with Crippen molar-refractivity contribution in [2.75, 3.05) is 12.5 Å². The van der Waals surface area contributed by atoms with Crippen molar-refractivity contribution < 1.29 is 13.2 Å². The van der Waals surface area contributed by atoms with E-state index in [2.05, 4.69) is 5.43 Å². The van der Waals surface area contributed by atoms with Gasteiger partial charge in [-0.25, -0.2) is 8.42 Å². The summed E-state index contributed by atoms with van der Waals surface area (Å²) in [6.45, 7) is 0. The second-order valence-electron chi connectivity index (χ2n) is 5.40. The lowest BCUT2D eigenvalue weighted by atomic mass is 10.1. The molecule has 3 aromatic rings. The van der Waals surface area contributed by atoms with Crippen LogP contribution in [-0.2, 0) is 9.84 Å². The zero-order valence-electron chi connectivity index (χ0n) is 13.6. The van der Waals surface area contributed by atoms with Crippen molar-refractivity contribution in [2.24, 2.45) is 5.84 Å². The van der Waals surface area contributed by atoms with Crippen LogP contribution >= 0.6 is 0 Å². The molecular weight excluding hydrogens is 336 g/mol. The summed E-state index contributed by atoms with van der Waals surface area (Å²) in [6.07, 6.45) is 0. The number of nitrogen functional groups attached to an aromatic ring is 1. The molecule has 0 aliphatic rings. The molecule has 0 aromatic heterocycles. The molecule has 0 fully saturated rings. The van der Waals surface area contributed by atoms with Gasteiger partial charge in [-0.2, -0.15) is 0 Å². The lowest BCUT2D eigenvalue weighted by Gasteiger charge is -2.12. The Morgan fingerprint density at radius 1 is 0.880 bits per heavy atom. The quantitative estimate of drug-likeness (QED) is 0.541. The average molecular weight is 354 g/mol. The Labute approximate surface area is 147 Å². The van der Waals surface area contributed by atoms with E-state index in [4.69, 9.17) is 10.6 Å². The van der Waals surface area contributed by atoms with Crippen LogP contribution in [0.15, 0.2) is 82.6 Å². The number of hydrogen-bond acceptors (Lipinski definition) is 5. The lowest BCUT2D eigenvalue weighted by molar-refractivity contribution is 0.415. The van der Waals surface area contributed by atoms with Gasteiger partial charge in [0.25, 0.3) is 0 Å². The third-order valence-corrected chi connectivity index (χ3v) is 5.74. The largest absolute Gasteiger partial charge is 0.497 e. The lowest BCUT2D eigenvalue weighted by Crippen LogP contribution is -2.07. The Hall–Kier alpha value is -2.83. The number of sulfone groups is 1. The monoisotopic (exact) mass is 354 g/mol. The van der Waals surface area contributed by atoms with E-state index in [-0.39, 0.29) is 9.79 Å². The van der Waals surface area contributed by atoms with Gasteiger partial charge in [-0.1, -0.05) is 30.3 Å². The Kier molecular flexibility index (Phi) is 4.74. The van der Waals surface area contributed by atoms with Crippen LogP contribution in [0.4, 0.5) is 5.69 Å². The smallest absolute Gasteiger partial charge is 0.207 e. The van der Waals surface area contributed by atoms with Gasteiger partial charge in [-0.05, 0) is 48.0 Å². The molecule has 0 saturated carbocycles. The molecule has 3 N–H and O–H groups in total. The van der Waals surface area contributed by atoms with Gasteiger partial charge < -0.3 is 10.2 Å². The standard InChI is InChI=1S/C19H18N2O3S/c1-24-16-10-6-14(7-11-16)18-4-2-3-5-19(18)25(22,23)17-12-8-15(21-20)9-13-17/h2-13,21H,20H2,1H3. The Bertz CT molecular complexity index is 966. The summed E-state index contributed by atoms with van der Waals surface area (Å²) in [7, 11) is -2.07. The predicted octanol–water partition coefficient (Wildman–Crippen LogP) is 3.48. The van der Waals surface area contributed by atoms with Crippen LogP contribution in [0.1, 0.15) is 0 Å². The first-order valence-corrected chi connectivity index (χ1v) is 9.10. The maximum atomic E-state index is 13.1. The zero-order valence-corrected chi connectivity index (χ0v) is 14.5. The molecule has 3 aromatic carbocycles. The predicted molar refractivity (Wildman–Crippen MR) is 98.1 cm³/mol. The number of nitrogens with one attached hydrogen (secondary N) is 1. The third kappa shape index (κ3) is 3.35. The second kappa shape index (κ2) is 6.96. The van der Waals surface area contributed by atoms with Crippen molar-refractivity contribution in [3.8, 4) is 16.9 Å². The van der Waals surface area contributed by atoms with Crippen LogP contribution in [0.3, 0.4) is 0 Å². The summed E-state index contributed by atoms with van der Waals surface area (Å²) in [5.74, 6) is 6.05. The first kappa shape index (κ1) is 17.0. The summed E-state index contributed by atoms with van der Waals surface area (Å²) in [5, 5.41) is 0. The number of hydrogen-bond donors (Lipinski definition) is 2. The van der Waals surface area contributed by atoms with Gasteiger partial charge in [0.2, 0.25) is 9.84 Å². The Morgan fingerprint density at radius 3 is 2.12 bits per heavy atom. The van der Waals surface area contributed by atoms with Crippen LogP contribution in [0.5, 0.6) is 5.75 Å². The molecule has 0 saturated heterocycles. The molecule has 0 radical (unpaired) electrons. The minimum absolute atomic E-state index is 0.215. The number of benzene rings is 3. The summed E-state index contributed by atoms with van der Waals surface area (Å²) in [6, 6.07) is 20.6. The van der Waals surface area contributed by atoms with Gasteiger partial charge in [-0.3, -0.25) is 5.84 Å². The van der Waals surface area contributed by atoms with E-state index in [0.29, 0.717) is 17.0 Å². The first-order valence-electron chi connectivity index (χ1n) is 7.61. The minimum atomic E-state index is -3.66. The van der Waals surface area contributed by atoms with Crippen LogP contribution in [-0.4, -0.2) is 15.5 Å². The van der Waals surface area contributed by atoms with E-state index in [9.17, 15) is 8.42 Å². The summed E-state index contributed by atoms with van der Waals surface area (Å²) in [5.41, 5.74) is 4.58. The molecule has 0 bridgehead atoms. The van der Waals surface area contributed by atoms with Crippen molar-refractivity contribution in [3.63, 3.8) is 0 Å². The Morgan fingerprint density at radius 2 is 1.52 bits per heavy atom. The van der Waals surface area contributed by atoms with Crippen molar-refractivity contribution in [1.29, 1.82) is 0 Å². The van der Waals surface area contributed by atoms with Crippen LogP contribution in [0.2, 0.25) is 0 Å². The summed E-state index contributed by atoms with van der Waals surface area (Å²) < 4.78 is 31.3. The van der Waals surface area contributed by atoms with Crippen molar-refractivity contribution in [1.82, 2.24) is 0 Å². The maximum Gasteiger partial charge on any atom is 0.207 e. The van der Waals surface area contributed by atoms with E-state index in [0.717, 1.165) is 5.56 Å². The van der Waals surface area contributed by atoms with E-state index in [1.165, 1.54) is 12.1 Å². The van der Waals surface area contributed by atoms with Gasteiger partial charge in [0.15, 0.2) is 0 Å². The topological polar surface area (TPSA) is 81.4 Å². The van der Waals surface area contributed by atoms with Crippen LogP contribution in [0, 0.1) is 0 Å². The molecule has 5 nitrogen and oxygen atoms in total. The summed E-state index contributed by atoms with van der Waals surface area (Å²) >= 11 is 0. The highest BCUT2D eigenvalue weighted by molar-refractivity contribution is 7.91. The highest BCUT2D eigenvalue weighted by atomic mass is 32.2. The van der Waals surface area contributed by atoms with E-state index in [1.807, 2.05) is 18.2 Å². The number of rotatable bonds is 5. The zero-order chi connectivity index (χ0) is 17.9. The molecule has 0 unspecified atom stereocenters. The fourth-order valence-electron chi connectivity index (χ4n) is 2.57. The molecule has 0 amide bonds.